The molecule has 0 aromatic carbocycles. The zero-order valence-electron chi connectivity index (χ0n) is 10.0. The van der Waals surface area contributed by atoms with Crippen molar-refractivity contribution >= 4 is 21.9 Å². The van der Waals surface area contributed by atoms with E-state index in [-0.39, 0.29) is 25.5 Å². The van der Waals surface area contributed by atoms with Crippen LogP contribution < -0.4 is 0 Å². The number of carbonyl (C=O) groups is 2. The van der Waals surface area contributed by atoms with E-state index in [9.17, 15) is 18.0 Å². The maximum absolute atomic E-state index is 11.5. The first-order valence-electron chi connectivity index (χ1n) is 5.07. The third-order valence-corrected chi connectivity index (χ3v) is 3.96. The molecule has 1 aliphatic heterocycles. The van der Waals surface area contributed by atoms with Crippen molar-refractivity contribution in [1.82, 2.24) is 9.21 Å². The predicted molar refractivity (Wildman–Crippen MR) is 59.6 cm³/mol. The van der Waals surface area contributed by atoms with Crippen molar-refractivity contribution in [2.24, 2.45) is 0 Å². The van der Waals surface area contributed by atoms with Crippen LogP contribution in [0.1, 0.15) is 6.92 Å². The van der Waals surface area contributed by atoms with Crippen LogP contribution in [0, 0.1) is 0 Å². The Kier molecular flexibility index (Phi) is 4.10. The van der Waals surface area contributed by atoms with Gasteiger partial charge in [0.1, 0.15) is 6.04 Å². The monoisotopic (exact) mass is 264 g/mol. The summed E-state index contributed by atoms with van der Waals surface area (Å²) in [6.07, 6.45) is 1.07. The Morgan fingerprint density at radius 3 is 2.29 bits per heavy atom. The Balaban J connectivity index is 2.92. The highest BCUT2D eigenvalue weighted by Crippen LogP contribution is 2.14. The number of hydrogen-bond acceptors (Lipinski definition) is 5. The summed E-state index contributed by atoms with van der Waals surface area (Å²) < 4.78 is 28.5. The summed E-state index contributed by atoms with van der Waals surface area (Å²) in [5, 5.41) is 0. The smallest absolute Gasteiger partial charge is 0.329 e. The highest BCUT2D eigenvalue weighted by molar-refractivity contribution is 7.88. The lowest BCUT2D eigenvalue weighted by molar-refractivity contribution is -0.154. The fourth-order valence-electron chi connectivity index (χ4n) is 1.77. The first-order valence-corrected chi connectivity index (χ1v) is 6.92. The van der Waals surface area contributed by atoms with E-state index in [1.54, 1.807) is 0 Å². The molecule has 0 saturated carbocycles. The van der Waals surface area contributed by atoms with Gasteiger partial charge in [0.2, 0.25) is 15.9 Å². The molecule has 7 nitrogen and oxygen atoms in total. The van der Waals surface area contributed by atoms with E-state index in [0.29, 0.717) is 0 Å². The van der Waals surface area contributed by atoms with Crippen LogP contribution in [0.4, 0.5) is 0 Å². The normalized spacial score (nSPS) is 22.3. The van der Waals surface area contributed by atoms with Crippen LogP contribution in [0.25, 0.3) is 0 Å². The van der Waals surface area contributed by atoms with Gasteiger partial charge < -0.3 is 9.64 Å². The van der Waals surface area contributed by atoms with Gasteiger partial charge in [-0.15, -0.1) is 0 Å². The fourth-order valence-corrected chi connectivity index (χ4v) is 2.60. The number of hydrogen-bond donors (Lipinski definition) is 0. The zero-order valence-corrected chi connectivity index (χ0v) is 10.9. The highest BCUT2D eigenvalue weighted by Gasteiger charge is 2.37. The average Bonchev–Trinajstić information content (AvgIpc) is 2.25. The Hall–Kier alpha value is -1.15. The predicted octanol–water partition coefficient (Wildman–Crippen LogP) is -1.35. The Morgan fingerprint density at radius 2 is 1.88 bits per heavy atom. The molecule has 8 heteroatoms. The number of nitrogens with zero attached hydrogens (tertiary/aromatic N) is 2. The maximum Gasteiger partial charge on any atom is 0.329 e. The van der Waals surface area contributed by atoms with E-state index in [1.165, 1.54) is 23.2 Å². The molecule has 0 bridgehead atoms. The molecule has 1 saturated heterocycles. The molecule has 1 atom stereocenters. The van der Waals surface area contributed by atoms with Gasteiger partial charge in [-0.25, -0.2) is 13.2 Å². The van der Waals surface area contributed by atoms with Gasteiger partial charge in [-0.3, -0.25) is 4.79 Å². The summed E-state index contributed by atoms with van der Waals surface area (Å²) in [4.78, 5) is 24.2. The van der Waals surface area contributed by atoms with Crippen LogP contribution in [0.2, 0.25) is 0 Å². The lowest BCUT2D eigenvalue weighted by atomic mass is 10.2. The molecule has 17 heavy (non-hydrogen) atoms. The molecule has 1 aliphatic rings. The molecule has 98 valence electrons. The van der Waals surface area contributed by atoms with Crippen LogP contribution in [0.15, 0.2) is 0 Å². The number of amides is 1. The molecule has 1 heterocycles. The molecule has 0 unspecified atom stereocenters. The highest BCUT2D eigenvalue weighted by atomic mass is 32.2. The molecule has 0 spiro atoms. The van der Waals surface area contributed by atoms with Crippen molar-refractivity contribution in [2.75, 3.05) is 33.0 Å². The second kappa shape index (κ2) is 5.01. The number of esters is 1. The SMILES string of the molecule is COC(=O)[C@H]1CN(S(C)(=O)=O)CCN1C(C)=O. The van der Waals surface area contributed by atoms with Gasteiger partial charge in [0.05, 0.1) is 13.4 Å². The van der Waals surface area contributed by atoms with Crippen molar-refractivity contribution in [1.29, 1.82) is 0 Å². The van der Waals surface area contributed by atoms with Gasteiger partial charge in [-0.05, 0) is 0 Å². The molecule has 1 amide bonds. The van der Waals surface area contributed by atoms with E-state index >= 15 is 0 Å². The summed E-state index contributed by atoms with van der Waals surface area (Å²) >= 11 is 0. The lowest BCUT2D eigenvalue weighted by Crippen LogP contribution is -2.59. The first-order chi connectivity index (χ1) is 7.77. The molecular weight excluding hydrogens is 248 g/mol. The Labute approximate surface area is 100 Å². The number of carbonyl (C=O) groups excluding carboxylic acids is 2. The number of sulfonamides is 1. The van der Waals surface area contributed by atoms with E-state index in [2.05, 4.69) is 4.74 Å². The van der Waals surface area contributed by atoms with Crippen LogP contribution in [0.3, 0.4) is 0 Å². The van der Waals surface area contributed by atoms with E-state index in [1.807, 2.05) is 0 Å². The molecule has 1 fully saturated rings. The lowest BCUT2D eigenvalue weighted by Gasteiger charge is -2.38. The van der Waals surface area contributed by atoms with Gasteiger partial charge in [-0.2, -0.15) is 4.31 Å². The molecule has 0 aromatic heterocycles. The van der Waals surface area contributed by atoms with E-state index in [4.69, 9.17) is 0 Å². The van der Waals surface area contributed by atoms with Gasteiger partial charge in [0.15, 0.2) is 0 Å². The second-order valence-corrected chi connectivity index (χ2v) is 5.85. The third-order valence-electron chi connectivity index (χ3n) is 2.69. The summed E-state index contributed by atoms with van der Waals surface area (Å²) in [6, 6.07) is -0.860. The molecule has 0 radical (unpaired) electrons. The maximum atomic E-state index is 11.5. The Morgan fingerprint density at radius 1 is 1.29 bits per heavy atom. The standard InChI is InChI=1S/C9H16N2O5S/c1-7(12)11-5-4-10(17(3,14)15)6-8(11)9(13)16-2/h8H,4-6H2,1-3H3/t8-/m1/s1. The van der Waals surface area contributed by atoms with Crippen molar-refractivity contribution in [3.8, 4) is 0 Å². The summed E-state index contributed by atoms with van der Waals surface area (Å²) in [5.74, 6) is -0.873. The van der Waals surface area contributed by atoms with Crippen LogP contribution in [-0.4, -0.2) is 68.5 Å². The van der Waals surface area contributed by atoms with Crippen molar-refractivity contribution < 1.29 is 22.7 Å². The number of methoxy groups -OCH3 is 1. The van der Waals surface area contributed by atoms with Crippen LogP contribution >= 0.6 is 0 Å². The minimum absolute atomic E-state index is 0.0505. The number of piperazine rings is 1. The van der Waals surface area contributed by atoms with Gasteiger partial charge in [0, 0.05) is 26.6 Å². The summed E-state index contributed by atoms with van der Waals surface area (Å²) in [7, 11) is -2.15. The molecule has 0 aliphatic carbocycles. The minimum atomic E-state index is -3.36. The molecule has 1 rings (SSSR count). The van der Waals surface area contributed by atoms with Crippen molar-refractivity contribution in [3.63, 3.8) is 0 Å². The summed E-state index contributed by atoms with van der Waals surface area (Å²) in [6.45, 7) is 1.69. The van der Waals surface area contributed by atoms with Gasteiger partial charge in [-0.1, -0.05) is 0 Å². The average molecular weight is 264 g/mol. The van der Waals surface area contributed by atoms with E-state index in [0.717, 1.165) is 6.26 Å². The molecule has 0 aromatic rings. The zero-order chi connectivity index (χ0) is 13.2. The largest absolute Gasteiger partial charge is 0.467 e. The molecule has 0 N–H and O–H groups in total. The Bertz CT molecular complexity index is 419. The summed E-state index contributed by atoms with van der Waals surface area (Å²) in [5.41, 5.74) is 0. The fraction of sp³-hybridized carbons (Fsp3) is 0.778. The quantitative estimate of drug-likeness (QED) is 0.576. The second-order valence-electron chi connectivity index (χ2n) is 3.87. The number of rotatable bonds is 2. The van der Waals surface area contributed by atoms with E-state index < -0.39 is 22.0 Å². The number of ether oxygens (including phenoxy) is 1. The van der Waals surface area contributed by atoms with Crippen LogP contribution in [-0.2, 0) is 24.3 Å². The van der Waals surface area contributed by atoms with Crippen molar-refractivity contribution in [3.05, 3.63) is 0 Å². The first kappa shape index (κ1) is 13.9. The topological polar surface area (TPSA) is 84.0 Å². The molecular formula is C9H16N2O5S. The van der Waals surface area contributed by atoms with Gasteiger partial charge >= 0.3 is 5.97 Å². The minimum Gasteiger partial charge on any atom is -0.467 e. The van der Waals surface area contributed by atoms with Crippen LogP contribution in [0.5, 0.6) is 0 Å². The van der Waals surface area contributed by atoms with Crippen molar-refractivity contribution in [2.45, 2.75) is 13.0 Å². The third kappa shape index (κ3) is 3.16. The van der Waals surface area contributed by atoms with Gasteiger partial charge in [0.25, 0.3) is 0 Å².